The summed E-state index contributed by atoms with van der Waals surface area (Å²) in [5.74, 6) is 0.105. The number of benzene rings is 1. The van der Waals surface area contributed by atoms with Crippen molar-refractivity contribution in [2.24, 2.45) is 0 Å². The number of amides is 1. The zero-order valence-electron chi connectivity index (χ0n) is 11.3. The summed E-state index contributed by atoms with van der Waals surface area (Å²) in [6.07, 6.45) is 0. The summed E-state index contributed by atoms with van der Waals surface area (Å²) in [5.41, 5.74) is 0.854. The van der Waals surface area contributed by atoms with E-state index < -0.39 is 0 Å². The zero-order valence-corrected chi connectivity index (χ0v) is 12.2. The standard InChI is InChI=1S/C15H16N2O2S/c1-11(18)16-6-8-17(9-7-16)13-10-20-14-5-3-2-4-12(14)15(13)19/h2-5,10H,6-9H2,1H3. The maximum atomic E-state index is 12.5. The molecule has 0 spiro atoms. The first-order valence-electron chi connectivity index (χ1n) is 6.68. The molecule has 2 aromatic rings. The molecule has 0 atom stereocenters. The first-order valence-corrected chi connectivity index (χ1v) is 7.56. The minimum absolute atomic E-state index is 0.0932. The maximum Gasteiger partial charge on any atom is 0.219 e. The molecule has 1 amide bonds. The number of hydrogen-bond donors (Lipinski definition) is 0. The maximum absolute atomic E-state index is 12.5. The van der Waals surface area contributed by atoms with E-state index >= 15 is 0 Å². The van der Waals surface area contributed by atoms with Gasteiger partial charge in [0.25, 0.3) is 0 Å². The average molecular weight is 288 g/mol. The van der Waals surface area contributed by atoms with Crippen molar-refractivity contribution in [2.75, 3.05) is 31.1 Å². The number of piperazine rings is 1. The molecule has 0 N–H and O–H groups in total. The molecule has 1 saturated heterocycles. The van der Waals surface area contributed by atoms with E-state index in [1.165, 1.54) is 0 Å². The van der Waals surface area contributed by atoms with Crippen LogP contribution >= 0.6 is 11.3 Å². The highest BCUT2D eigenvalue weighted by Crippen LogP contribution is 2.21. The normalized spacial score (nSPS) is 15.7. The third kappa shape index (κ3) is 2.29. The van der Waals surface area contributed by atoms with E-state index in [4.69, 9.17) is 0 Å². The largest absolute Gasteiger partial charge is 0.364 e. The van der Waals surface area contributed by atoms with Crippen molar-refractivity contribution >= 4 is 33.0 Å². The highest BCUT2D eigenvalue weighted by molar-refractivity contribution is 7.16. The molecule has 1 aromatic carbocycles. The molecule has 0 radical (unpaired) electrons. The summed E-state index contributed by atoms with van der Waals surface area (Å²) < 4.78 is 1.02. The summed E-state index contributed by atoms with van der Waals surface area (Å²) in [6, 6.07) is 7.69. The highest BCUT2D eigenvalue weighted by Gasteiger charge is 2.20. The van der Waals surface area contributed by atoms with E-state index in [2.05, 4.69) is 4.90 Å². The molecule has 0 unspecified atom stereocenters. The molecule has 0 bridgehead atoms. The second-order valence-corrected chi connectivity index (χ2v) is 5.85. The molecule has 4 nitrogen and oxygen atoms in total. The van der Waals surface area contributed by atoms with Gasteiger partial charge < -0.3 is 9.80 Å². The number of nitrogens with zero attached hydrogens (tertiary/aromatic N) is 2. The van der Waals surface area contributed by atoms with Crippen molar-refractivity contribution in [3.05, 3.63) is 39.9 Å². The lowest BCUT2D eigenvalue weighted by molar-refractivity contribution is -0.129. The van der Waals surface area contributed by atoms with Crippen molar-refractivity contribution < 1.29 is 4.79 Å². The molecule has 1 aliphatic rings. The Morgan fingerprint density at radius 3 is 2.55 bits per heavy atom. The number of hydrogen-bond acceptors (Lipinski definition) is 4. The second-order valence-electron chi connectivity index (χ2n) is 4.94. The number of rotatable bonds is 1. The number of anilines is 1. The molecule has 0 saturated carbocycles. The lowest BCUT2D eigenvalue weighted by atomic mass is 10.2. The van der Waals surface area contributed by atoms with Gasteiger partial charge in [0.05, 0.1) is 5.69 Å². The van der Waals surface area contributed by atoms with Gasteiger partial charge in [0.15, 0.2) is 0 Å². The number of carbonyl (C=O) groups is 1. The molecule has 104 valence electrons. The van der Waals surface area contributed by atoms with E-state index in [-0.39, 0.29) is 11.3 Å². The van der Waals surface area contributed by atoms with Gasteiger partial charge in [0.1, 0.15) is 0 Å². The van der Waals surface area contributed by atoms with Crippen LogP contribution in [0.4, 0.5) is 5.69 Å². The van der Waals surface area contributed by atoms with Gasteiger partial charge in [0, 0.05) is 48.6 Å². The predicted octanol–water partition coefficient (Wildman–Crippen LogP) is 1.93. The summed E-state index contributed by atoms with van der Waals surface area (Å²) in [4.78, 5) is 27.8. The molecular weight excluding hydrogens is 272 g/mol. The smallest absolute Gasteiger partial charge is 0.219 e. The van der Waals surface area contributed by atoms with Gasteiger partial charge in [-0.3, -0.25) is 9.59 Å². The van der Waals surface area contributed by atoms with Crippen LogP contribution in [0.2, 0.25) is 0 Å². The van der Waals surface area contributed by atoms with Crippen LogP contribution in [-0.4, -0.2) is 37.0 Å². The Morgan fingerprint density at radius 2 is 1.85 bits per heavy atom. The zero-order chi connectivity index (χ0) is 14.1. The van der Waals surface area contributed by atoms with Crippen molar-refractivity contribution in [1.82, 2.24) is 4.90 Å². The monoisotopic (exact) mass is 288 g/mol. The van der Waals surface area contributed by atoms with E-state index in [1.807, 2.05) is 34.5 Å². The van der Waals surface area contributed by atoms with Gasteiger partial charge in [0.2, 0.25) is 11.3 Å². The van der Waals surface area contributed by atoms with Crippen LogP contribution in [0.3, 0.4) is 0 Å². The minimum atomic E-state index is 0.0932. The molecule has 20 heavy (non-hydrogen) atoms. The second kappa shape index (κ2) is 5.25. The summed E-state index contributed by atoms with van der Waals surface area (Å²) in [5, 5.41) is 2.72. The fraction of sp³-hybridized carbons (Fsp3) is 0.333. The van der Waals surface area contributed by atoms with Crippen molar-refractivity contribution in [2.45, 2.75) is 6.92 Å². The fourth-order valence-corrected chi connectivity index (χ4v) is 3.49. The van der Waals surface area contributed by atoms with Crippen LogP contribution in [0.1, 0.15) is 6.92 Å². The first-order chi connectivity index (χ1) is 9.66. The predicted molar refractivity (Wildman–Crippen MR) is 82.6 cm³/mol. The van der Waals surface area contributed by atoms with Gasteiger partial charge in [-0.25, -0.2) is 0 Å². The van der Waals surface area contributed by atoms with Crippen LogP contribution in [0.15, 0.2) is 34.4 Å². The van der Waals surface area contributed by atoms with Crippen molar-refractivity contribution in [3.63, 3.8) is 0 Å². The van der Waals surface area contributed by atoms with E-state index in [9.17, 15) is 9.59 Å². The minimum Gasteiger partial charge on any atom is -0.364 e. The lowest BCUT2D eigenvalue weighted by Gasteiger charge is -2.35. The van der Waals surface area contributed by atoms with E-state index in [1.54, 1.807) is 18.3 Å². The molecule has 3 rings (SSSR count). The van der Waals surface area contributed by atoms with Crippen LogP contribution in [-0.2, 0) is 4.79 Å². The Hall–Kier alpha value is -1.88. The average Bonchev–Trinajstić information content (AvgIpc) is 2.48. The highest BCUT2D eigenvalue weighted by atomic mass is 32.1. The summed E-state index contributed by atoms with van der Waals surface area (Å²) >= 11 is 1.60. The Morgan fingerprint density at radius 1 is 1.15 bits per heavy atom. The molecule has 1 aliphatic heterocycles. The summed E-state index contributed by atoms with van der Waals surface area (Å²) in [6.45, 7) is 4.41. The number of carbonyl (C=O) groups excluding carboxylic acids is 1. The third-order valence-electron chi connectivity index (χ3n) is 3.73. The molecule has 5 heteroatoms. The summed E-state index contributed by atoms with van der Waals surface area (Å²) in [7, 11) is 0. The lowest BCUT2D eigenvalue weighted by Crippen LogP contribution is -2.49. The van der Waals surface area contributed by atoms with Gasteiger partial charge in [-0.2, -0.15) is 0 Å². The van der Waals surface area contributed by atoms with Gasteiger partial charge in [-0.05, 0) is 12.1 Å². The van der Waals surface area contributed by atoms with Gasteiger partial charge >= 0.3 is 0 Å². The molecule has 1 aromatic heterocycles. The molecule has 0 aliphatic carbocycles. The van der Waals surface area contributed by atoms with Crippen LogP contribution in [0, 0.1) is 0 Å². The Bertz CT molecular complexity index is 702. The van der Waals surface area contributed by atoms with Gasteiger partial charge in [-0.1, -0.05) is 12.1 Å². The first kappa shape index (κ1) is 13.1. The van der Waals surface area contributed by atoms with Crippen LogP contribution in [0.25, 0.3) is 10.1 Å². The number of fused-ring (bicyclic) bond motifs is 1. The Balaban J connectivity index is 1.90. The van der Waals surface area contributed by atoms with Crippen molar-refractivity contribution in [1.29, 1.82) is 0 Å². The van der Waals surface area contributed by atoms with E-state index in [0.717, 1.165) is 28.9 Å². The van der Waals surface area contributed by atoms with Crippen LogP contribution < -0.4 is 10.3 Å². The third-order valence-corrected chi connectivity index (χ3v) is 4.68. The Labute approximate surface area is 121 Å². The van der Waals surface area contributed by atoms with E-state index in [0.29, 0.717) is 13.1 Å². The van der Waals surface area contributed by atoms with Crippen molar-refractivity contribution in [3.8, 4) is 0 Å². The molecule has 2 heterocycles. The fourth-order valence-electron chi connectivity index (χ4n) is 2.55. The SMILES string of the molecule is CC(=O)N1CCN(c2csc3ccccc3c2=O)CC1. The topological polar surface area (TPSA) is 40.6 Å². The quantitative estimate of drug-likeness (QED) is 0.805. The molecular formula is C15H16N2O2S. The molecule has 1 fully saturated rings. The van der Waals surface area contributed by atoms with Gasteiger partial charge in [-0.15, -0.1) is 11.3 Å². The Kier molecular flexibility index (Phi) is 3.44. The van der Waals surface area contributed by atoms with Crippen LogP contribution in [0.5, 0.6) is 0 Å².